The van der Waals surface area contributed by atoms with Crippen LogP contribution < -0.4 is 10.4 Å². The Balaban J connectivity index is 2.03. The molecule has 1 aliphatic heterocycles. The smallest absolute Gasteiger partial charge is 0.219 e. The van der Waals surface area contributed by atoms with Crippen LogP contribution in [0, 0.1) is 0 Å². The highest BCUT2D eigenvalue weighted by molar-refractivity contribution is 7.09. The van der Waals surface area contributed by atoms with Crippen LogP contribution in [0.4, 0.5) is 5.13 Å². The maximum Gasteiger partial charge on any atom is 0.219 e. The van der Waals surface area contributed by atoms with E-state index in [2.05, 4.69) is 26.7 Å². The molecular formula is C8H14N4S. The molecule has 1 N–H and O–H groups in total. The van der Waals surface area contributed by atoms with Gasteiger partial charge in [0.1, 0.15) is 5.82 Å². The summed E-state index contributed by atoms with van der Waals surface area (Å²) >= 11 is 1.49. The van der Waals surface area contributed by atoms with E-state index in [0.717, 1.165) is 36.9 Å². The van der Waals surface area contributed by atoms with Gasteiger partial charge in [-0.1, -0.05) is 6.92 Å². The van der Waals surface area contributed by atoms with Crippen LogP contribution in [0.3, 0.4) is 0 Å². The summed E-state index contributed by atoms with van der Waals surface area (Å²) in [5, 5.41) is 3.11. The molecule has 2 heterocycles. The highest BCUT2D eigenvalue weighted by Crippen LogP contribution is 2.18. The predicted octanol–water partition coefficient (Wildman–Crippen LogP) is 1.21. The number of nitrogens with one attached hydrogen (secondary N) is 1. The van der Waals surface area contributed by atoms with Crippen molar-refractivity contribution in [1.29, 1.82) is 0 Å². The molecule has 1 aromatic rings. The summed E-state index contributed by atoms with van der Waals surface area (Å²) in [6.45, 7) is 4.26. The van der Waals surface area contributed by atoms with E-state index in [1.54, 1.807) is 0 Å². The first-order chi connectivity index (χ1) is 6.40. The number of hydrogen-bond acceptors (Lipinski definition) is 5. The predicted molar refractivity (Wildman–Crippen MR) is 53.9 cm³/mol. The zero-order valence-electron chi connectivity index (χ0n) is 7.79. The SMILES string of the molecule is CCCc1nsc(N2CCCN2)n1. The standard InChI is InChI=1S/C8H14N4S/c1-2-4-7-10-8(13-11-7)12-6-3-5-9-12/h9H,2-6H2,1H3. The van der Waals surface area contributed by atoms with Crippen LogP contribution in [0.25, 0.3) is 0 Å². The van der Waals surface area contributed by atoms with E-state index in [0.29, 0.717) is 0 Å². The second kappa shape index (κ2) is 4.02. The van der Waals surface area contributed by atoms with Gasteiger partial charge in [-0.05, 0) is 12.8 Å². The highest BCUT2D eigenvalue weighted by atomic mass is 32.1. The molecule has 0 aliphatic carbocycles. The lowest BCUT2D eigenvalue weighted by atomic mass is 10.3. The molecule has 5 heteroatoms. The van der Waals surface area contributed by atoms with Crippen LogP contribution in [0.2, 0.25) is 0 Å². The van der Waals surface area contributed by atoms with Crippen molar-refractivity contribution in [3.63, 3.8) is 0 Å². The molecule has 0 atom stereocenters. The molecule has 2 rings (SSSR count). The maximum absolute atomic E-state index is 4.45. The minimum Gasteiger partial charge on any atom is -0.282 e. The van der Waals surface area contributed by atoms with Gasteiger partial charge in [0.15, 0.2) is 0 Å². The van der Waals surface area contributed by atoms with Crippen molar-refractivity contribution in [3.8, 4) is 0 Å². The van der Waals surface area contributed by atoms with E-state index < -0.39 is 0 Å². The zero-order chi connectivity index (χ0) is 9.10. The lowest BCUT2D eigenvalue weighted by Crippen LogP contribution is -2.30. The van der Waals surface area contributed by atoms with Crippen LogP contribution >= 0.6 is 11.5 Å². The van der Waals surface area contributed by atoms with Gasteiger partial charge < -0.3 is 0 Å². The van der Waals surface area contributed by atoms with Crippen LogP contribution in [-0.4, -0.2) is 22.4 Å². The van der Waals surface area contributed by atoms with Crippen molar-refractivity contribution >= 4 is 16.7 Å². The Kier molecular flexibility index (Phi) is 2.75. The van der Waals surface area contributed by atoms with Gasteiger partial charge in [0.2, 0.25) is 5.13 Å². The Hall–Kier alpha value is -0.680. The first-order valence-corrected chi connectivity index (χ1v) is 5.51. The van der Waals surface area contributed by atoms with Crippen molar-refractivity contribution < 1.29 is 0 Å². The first-order valence-electron chi connectivity index (χ1n) is 4.74. The minimum atomic E-state index is 0.983. The van der Waals surface area contributed by atoms with Crippen molar-refractivity contribution in [1.82, 2.24) is 14.8 Å². The van der Waals surface area contributed by atoms with Crippen molar-refractivity contribution in [3.05, 3.63) is 5.82 Å². The molecule has 0 unspecified atom stereocenters. The summed E-state index contributed by atoms with van der Waals surface area (Å²) in [4.78, 5) is 4.45. The molecule has 0 radical (unpaired) electrons. The topological polar surface area (TPSA) is 41.1 Å². The molecule has 1 fully saturated rings. The fourth-order valence-corrected chi connectivity index (χ4v) is 2.09. The van der Waals surface area contributed by atoms with Gasteiger partial charge in [0.05, 0.1) is 0 Å². The summed E-state index contributed by atoms with van der Waals surface area (Å²) in [6, 6.07) is 0. The third-order valence-corrected chi connectivity index (χ3v) is 2.80. The van der Waals surface area contributed by atoms with E-state index in [9.17, 15) is 0 Å². The minimum absolute atomic E-state index is 0.983. The quantitative estimate of drug-likeness (QED) is 0.792. The lowest BCUT2D eigenvalue weighted by molar-refractivity contribution is 0.775. The molecule has 0 bridgehead atoms. The monoisotopic (exact) mass is 198 g/mol. The number of nitrogens with zero attached hydrogens (tertiary/aromatic N) is 3. The molecule has 1 saturated heterocycles. The lowest BCUT2D eigenvalue weighted by Gasteiger charge is -2.11. The maximum atomic E-state index is 4.45. The molecule has 13 heavy (non-hydrogen) atoms. The molecule has 72 valence electrons. The van der Waals surface area contributed by atoms with Gasteiger partial charge in [-0.3, -0.25) is 5.01 Å². The molecule has 0 spiro atoms. The summed E-state index contributed by atoms with van der Waals surface area (Å²) in [5.41, 5.74) is 3.27. The van der Waals surface area contributed by atoms with Gasteiger partial charge in [0, 0.05) is 31.0 Å². The Morgan fingerprint density at radius 3 is 3.23 bits per heavy atom. The average Bonchev–Trinajstić information content (AvgIpc) is 2.70. The summed E-state index contributed by atoms with van der Waals surface area (Å²) in [7, 11) is 0. The fourth-order valence-electron chi connectivity index (χ4n) is 1.37. The average molecular weight is 198 g/mol. The highest BCUT2D eigenvalue weighted by Gasteiger charge is 2.15. The first kappa shape index (κ1) is 8.90. The molecular weight excluding hydrogens is 184 g/mol. The molecule has 0 saturated carbocycles. The largest absolute Gasteiger partial charge is 0.282 e. The summed E-state index contributed by atoms with van der Waals surface area (Å²) < 4.78 is 4.30. The Bertz CT molecular complexity index is 267. The third kappa shape index (κ3) is 1.97. The molecule has 1 aliphatic rings. The summed E-state index contributed by atoms with van der Waals surface area (Å²) in [5.74, 6) is 0.983. The van der Waals surface area contributed by atoms with E-state index in [4.69, 9.17) is 0 Å². The molecule has 0 amide bonds. The van der Waals surface area contributed by atoms with E-state index in [1.807, 2.05) is 0 Å². The third-order valence-electron chi connectivity index (χ3n) is 2.02. The number of aromatic nitrogens is 2. The van der Waals surface area contributed by atoms with Gasteiger partial charge in [0.25, 0.3) is 0 Å². The number of hydrazine groups is 1. The zero-order valence-corrected chi connectivity index (χ0v) is 8.60. The Labute approximate surface area is 82.1 Å². The van der Waals surface area contributed by atoms with Crippen molar-refractivity contribution in [2.75, 3.05) is 18.1 Å². The van der Waals surface area contributed by atoms with Gasteiger partial charge in [-0.25, -0.2) is 10.4 Å². The molecule has 0 aromatic carbocycles. The number of rotatable bonds is 3. The molecule has 1 aromatic heterocycles. The molecule has 4 nitrogen and oxygen atoms in total. The van der Waals surface area contributed by atoms with E-state index >= 15 is 0 Å². The summed E-state index contributed by atoms with van der Waals surface area (Å²) in [6.07, 6.45) is 3.30. The van der Waals surface area contributed by atoms with Gasteiger partial charge in [-0.2, -0.15) is 4.37 Å². The van der Waals surface area contributed by atoms with Crippen LogP contribution in [0.15, 0.2) is 0 Å². The number of anilines is 1. The van der Waals surface area contributed by atoms with Crippen LogP contribution in [-0.2, 0) is 6.42 Å². The van der Waals surface area contributed by atoms with Crippen molar-refractivity contribution in [2.24, 2.45) is 0 Å². The van der Waals surface area contributed by atoms with Crippen LogP contribution in [0.1, 0.15) is 25.6 Å². The number of hydrogen-bond donors (Lipinski definition) is 1. The Morgan fingerprint density at radius 1 is 1.62 bits per heavy atom. The number of aryl methyl sites for hydroxylation is 1. The van der Waals surface area contributed by atoms with Gasteiger partial charge >= 0.3 is 0 Å². The normalized spacial score (nSPS) is 16.8. The second-order valence-corrected chi connectivity index (χ2v) is 3.89. The van der Waals surface area contributed by atoms with E-state index in [-0.39, 0.29) is 0 Å². The van der Waals surface area contributed by atoms with Crippen LogP contribution in [0.5, 0.6) is 0 Å². The van der Waals surface area contributed by atoms with E-state index in [1.165, 1.54) is 18.0 Å². The fraction of sp³-hybridized carbons (Fsp3) is 0.750. The van der Waals surface area contributed by atoms with Crippen molar-refractivity contribution in [2.45, 2.75) is 26.2 Å². The Morgan fingerprint density at radius 2 is 2.54 bits per heavy atom. The van der Waals surface area contributed by atoms with Gasteiger partial charge in [-0.15, -0.1) is 0 Å². The second-order valence-electron chi connectivity index (χ2n) is 3.16.